The Morgan fingerprint density at radius 1 is 1.27 bits per heavy atom. The Bertz CT molecular complexity index is 653. The van der Waals surface area contributed by atoms with Gasteiger partial charge in [-0.1, -0.05) is 38.0 Å². The number of hydrogen-bond acceptors (Lipinski definition) is 3. The summed E-state index contributed by atoms with van der Waals surface area (Å²) in [6.07, 6.45) is 6.68. The van der Waals surface area contributed by atoms with Gasteiger partial charge in [0.2, 0.25) is 5.91 Å². The van der Waals surface area contributed by atoms with E-state index in [2.05, 4.69) is 29.4 Å². The summed E-state index contributed by atoms with van der Waals surface area (Å²) in [6, 6.07) is 10.5. The van der Waals surface area contributed by atoms with Crippen LogP contribution in [0.4, 0.5) is 0 Å². The SMILES string of the molecule is CC1CCCCC1NC(=O)CSc1cccc2cccnc12. The molecule has 4 heteroatoms. The van der Waals surface area contributed by atoms with Crippen molar-refractivity contribution in [3.05, 3.63) is 36.5 Å². The molecular formula is C18H22N2OS. The molecule has 2 atom stereocenters. The van der Waals surface area contributed by atoms with Gasteiger partial charge in [0, 0.05) is 22.5 Å². The Balaban J connectivity index is 1.60. The second-order valence-corrected chi connectivity index (χ2v) is 7.07. The Morgan fingerprint density at radius 3 is 2.95 bits per heavy atom. The molecule has 0 bridgehead atoms. The number of pyridine rings is 1. The molecule has 22 heavy (non-hydrogen) atoms. The van der Waals surface area contributed by atoms with Crippen LogP contribution in [0.15, 0.2) is 41.4 Å². The summed E-state index contributed by atoms with van der Waals surface area (Å²) >= 11 is 1.57. The third kappa shape index (κ3) is 3.61. The number of fused-ring (bicyclic) bond motifs is 1. The van der Waals surface area contributed by atoms with Gasteiger partial charge in [-0.15, -0.1) is 11.8 Å². The second kappa shape index (κ2) is 7.14. The molecule has 2 unspecified atom stereocenters. The van der Waals surface area contributed by atoms with Crippen LogP contribution in [0.2, 0.25) is 0 Å². The summed E-state index contributed by atoms with van der Waals surface area (Å²) < 4.78 is 0. The Labute approximate surface area is 135 Å². The maximum Gasteiger partial charge on any atom is 0.230 e. The lowest BCUT2D eigenvalue weighted by Gasteiger charge is -2.29. The van der Waals surface area contributed by atoms with Gasteiger partial charge in [0.1, 0.15) is 0 Å². The first kappa shape index (κ1) is 15.3. The number of hydrogen-bond donors (Lipinski definition) is 1. The number of nitrogens with zero attached hydrogens (tertiary/aromatic N) is 1. The summed E-state index contributed by atoms with van der Waals surface area (Å²) in [5, 5.41) is 4.33. The number of nitrogens with one attached hydrogen (secondary N) is 1. The normalized spacial score (nSPS) is 21.7. The van der Waals surface area contributed by atoms with Gasteiger partial charge in [-0.3, -0.25) is 9.78 Å². The number of rotatable bonds is 4. The minimum atomic E-state index is 0.136. The maximum absolute atomic E-state index is 12.2. The lowest BCUT2D eigenvalue weighted by Crippen LogP contribution is -2.41. The van der Waals surface area contributed by atoms with Crippen LogP contribution in [0.25, 0.3) is 10.9 Å². The van der Waals surface area contributed by atoms with E-state index in [1.165, 1.54) is 19.3 Å². The molecule has 0 aliphatic heterocycles. The number of benzene rings is 1. The van der Waals surface area contributed by atoms with E-state index in [1.807, 2.05) is 18.2 Å². The predicted molar refractivity (Wildman–Crippen MR) is 92.0 cm³/mol. The summed E-state index contributed by atoms with van der Waals surface area (Å²) in [5.74, 6) is 1.19. The summed E-state index contributed by atoms with van der Waals surface area (Å²) in [6.45, 7) is 2.24. The van der Waals surface area contributed by atoms with Crippen LogP contribution in [-0.2, 0) is 4.79 Å². The van der Waals surface area contributed by atoms with Crippen molar-refractivity contribution >= 4 is 28.6 Å². The molecule has 3 nitrogen and oxygen atoms in total. The number of carbonyl (C=O) groups excluding carboxylic acids is 1. The monoisotopic (exact) mass is 314 g/mol. The van der Waals surface area contributed by atoms with Gasteiger partial charge in [0.25, 0.3) is 0 Å². The van der Waals surface area contributed by atoms with Crippen LogP contribution in [0.3, 0.4) is 0 Å². The minimum absolute atomic E-state index is 0.136. The first-order chi connectivity index (χ1) is 10.7. The standard InChI is InChI=1S/C18H22N2OS/c1-13-6-2-3-9-15(13)20-17(21)12-22-16-10-4-7-14-8-5-11-19-18(14)16/h4-5,7-8,10-11,13,15H,2-3,6,9,12H2,1H3,(H,20,21). The molecule has 1 N–H and O–H groups in total. The van der Waals surface area contributed by atoms with Gasteiger partial charge in [-0.05, 0) is 30.9 Å². The quantitative estimate of drug-likeness (QED) is 0.867. The smallest absolute Gasteiger partial charge is 0.230 e. The molecule has 0 spiro atoms. The van der Waals surface area contributed by atoms with E-state index in [1.54, 1.807) is 18.0 Å². The van der Waals surface area contributed by atoms with Gasteiger partial charge < -0.3 is 5.32 Å². The highest BCUT2D eigenvalue weighted by molar-refractivity contribution is 8.00. The average Bonchev–Trinajstić information content (AvgIpc) is 2.55. The lowest BCUT2D eigenvalue weighted by molar-refractivity contribution is -0.119. The van der Waals surface area contributed by atoms with Crippen molar-refractivity contribution in [1.82, 2.24) is 10.3 Å². The predicted octanol–water partition coefficient (Wildman–Crippen LogP) is 4.02. The van der Waals surface area contributed by atoms with Crippen molar-refractivity contribution in [3.8, 4) is 0 Å². The number of para-hydroxylation sites is 1. The third-order valence-electron chi connectivity index (χ3n) is 4.41. The highest BCUT2D eigenvalue weighted by Crippen LogP contribution is 2.27. The van der Waals surface area contributed by atoms with Gasteiger partial charge in [0.05, 0.1) is 11.3 Å². The molecule has 1 saturated carbocycles. The average molecular weight is 314 g/mol. The number of amides is 1. The van der Waals surface area contributed by atoms with Crippen LogP contribution in [-0.4, -0.2) is 22.7 Å². The lowest BCUT2D eigenvalue weighted by atomic mass is 9.86. The van der Waals surface area contributed by atoms with Crippen molar-refractivity contribution in [2.24, 2.45) is 5.92 Å². The largest absolute Gasteiger partial charge is 0.352 e. The topological polar surface area (TPSA) is 42.0 Å². The number of thioether (sulfide) groups is 1. The first-order valence-electron chi connectivity index (χ1n) is 8.00. The molecule has 116 valence electrons. The van der Waals surface area contributed by atoms with E-state index in [9.17, 15) is 4.79 Å². The zero-order valence-electron chi connectivity index (χ0n) is 12.9. The molecule has 2 aromatic rings. The van der Waals surface area contributed by atoms with Gasteiger partial charge in [-0.25, -0.2) is 0 Å². The van der Waals surface area contributed by atoms with Gasteiger partial charge in [0.15, 0.2) is 0 Å². The fourth-order valence-electron chi connectivity index (χ4n) is 3.12. The zero-order valence-corrected chi connectivity index (χ0v) is 13.7. The molecule has 3 rings (SSSR count). The molecule has 1 amide bonds. The van der Waals surface area contributed by atoms with E-state index in [0.29, 0.717) is 17.7 Å². The van der Waals surface area contributed by atoms with E-state index in [-0.39, 0.29) is 5.91 Å². The first-order valence-corrected chi connectivity index (χ1v) is 8.98. The second-order valence-electron chi connectivity index (χ2n) is 6.06. The molecule has 1 aliphatic rings. The minimum Gasteiger partial charge on any atom is -0.352 e. The molecule has 1 aliphatic carbocycles. The zero-order chi connectivity index (χ0) is 15.4. The molecule has 0 saturated heterocycles. The van der Waals surface area contributed by atoms with E-state index in [0.717, 1.165) is 22.2 Å². The van der Waals surface area contributed by atoms with E-state index in [4.69, 9.17) is 0 Å². The van der Waals surface area contributed by atoms with Crippen molar-refractivity contribution < 1.29 is 4.79 Å². The third-order valence-corrected chi connectivity index (χ3v) is 5.46. The molecule has 1 heterocycles. The molecule has 1 aromatic heterocycles. The van der Waals surface area contributed by atoms with Crippen LogP contribution < -0.4 is 5.32 Å². The number of aromatic nitrogens is 1. The van der Waals surface area contributed by atoms with E-state index < -0.39 is 0 Å². The Hall–Kier alpha value is -1.55. The van der Waals surface area contributed by atoms with Crippen molar-refractivity contribution in [1.29, 1.82) is 0 Å². The van der Waals surface area contributed by atoms with Crippen LogP contribution >= 0.6 is 11.8 Å². The Kier molecular flexibility index (Phi) is 4.98. The highest BCUT2D eigenvalue weighted by atomic mass is 32.2. The van der Waals surface area contributed by atoms with Crippen molar-refractivity contribution in [2.75, 3.05) is 5.75 Å². The fraction of sp³-hybridized carbons (Fsp3) is 0.444. The molecule has 0 radical (unpaired) electrons. The van der Waals surface area contributed by atoms with Crippen LogP contribution in [0, 0.1) is 5.92 Å². The fourth-order valence-corrected chi connectivity index (χ4v) is 3.97. The maximum atomic E-state index is 12.2. The van der Waals surface area contributed by atoms with Crippen LogP contribution in [0.5, 0.6) is 0 Å². The van der Waals surface area contributed by atoms with E-state index >= 15 is 0 Å². The molecular weight excluding hydrogens is 292 g/mol. The number of carbonyl (C=O) groups is 1. The summed E-state index contributed by atoms with van der Waals surface area (Å²) in [5.41, 5.74) is 0.980. The van der Waals surface area contributed by atoms with Gasteiger partial charge >= 0.3 is 0 Å². The van der Waals surface area contributed by atoms with Crippen molar-refractivity contribution in [2.45, 2.75) is 43.5 Å². The summed E-state index contributed by atoms with van der Waals surface area (Å²) in [7, 11) is 0. The highest BCUT2D eigenvalue weighted by Gasteiger charge is 2.22. The van der Waals surface area contributed by atoms with Crippen LogP contribution in [0.1, 0.15) is 32.6 Å². The molecule has 1 fully saturated rings. The van der Waals surface area contributed by atoms with Gasteiger partial charge in [-0.2, -0.15) is 0 Å². The Morgan fingerprint density at radius 2 is 2.09 bits per heavy atom. The summed E-state index contributed by atoms with van der Waals surface area (Å²) in [4.78, 5) is 17.7. The van der Waals surface area contributed by atoms with Crippen molar-refractivity contribution in [3.63, 3.8) is 0 Å². The molecule has 1 aromatic carbocycles.